The average molecular weight is 522 g/mol. The van der Waals surface area contributed by atoms with Gasteiger partial charge in [-0.05, 0) is 25.1 Å². The number of amides is 2. The number of aromatic amines is 1. The molecule has 1 N–H and O–H groups in total. The summed E-state index contributed by atoms with van der Waals surface area (Å²) in [5.41, 5.74) is 2.03. The van der Waals surface area contributed by atoms with Crippen LogP contribution < -0.4 is 10.3 Å². The summed E-state index contributed by atoms with van der Waals surface area (Å²) in [6.45, 7) is 3.76. The number of nitrogens with one attached hydrogen (secondary N) is 1. The summed E-state index contributed by atoms with van der Waals surface area (Å²) in [6.07, 6.45) is -0.360. The van der Waals surface area contributed by atoms with E-state index in [-0.39, 0.29) is 23.3 Å². The third-order valence-corrected chi connectivity index (χ3v) is 7.23. The topological polar surface area (TPSA) is 110 Å². The highest BCUT2D eigenvalue weighted by molar-refractivity contribution is 7.99. The predicted molar refractivity (Wildman–Crippen MR) is 142 cm³/mol. The maximum atomic E-state index is 13.8. The fraction of sp³-hybridized carbons (Fsp3) is 0.308. The van der Waals surface area contributed by atoms with E-state index in [1.165, 1.54) is 16.3 Å². The fourth-order valence-electron chi connectivity index (χ4n) is 4.44. The summed E-state index contributed by atoms with van der Waals surface area (Å²) in [4.78, 5) is 50.2. The quantitative estimate of drug-likeness (QED) is 0.306. The molecule has 3 heterocycles. The SMILES string of the molecule is CCOC(=O)N1CCN(C(=O)CSc2nc3c([nH]c4ccccc43)c(=O)n2-c2ccccc2OC)CC1. The van der Waals surface area contributed by atoms with Gasteiger partial charge >= 0.3 is 6.09 Å². The van der Waals surface area contributed by atoms with Crippen molar-refractivity contribution in [3.63, 3.8) is 0 Å². The molecule has 10 nitrogen and oxygen atoms in total. The van der Waals surface area contributed by atoms with Crippen molar-refractivity contribution in [2.75, 3.05) is 45.6 Å². The number of nitrogens with zero attached hydrogens (tertiary/aromatic N) is 4. The first-order valence-electron chi connectivity index (χ1n) is 12.0. The number of hydrogen-bond acceptors (Lipinski definition) is 7. The normalized spacial score (nSPS) is 13.8. The molecule has 192 valence electrons. The molecule has 0 saturated carbocycles. The first-order valence-corrected chi connectivity index (χ1v) is 13.0. The third kappa shape index (κ3) is 4.74. The van der Waals surface area contributed by atoms with Gasteiger partial charge in [-0.15, -0.1) is 0 Å². The molecule has 2 amide bonds. The van der Waals surface area contributed by atoms with Crippen molar-refractivity contribution in [2.24, 2.45) is 0 Å². The number of rotatable bonds is 6. The minimum atomic E-state index is -0.360. The third-order valence-electron chi connectivity index (χ3n) is 6.30. The van der Waals surface area contributed by atoms with Crippen LogP contribution in [0, 0.1) is 0 Å². The Labute approximate surface area is 217 Å². The van der Waals surface area contributed by atoms with Gasteiger partial charge < -0.3 is 24.3 Å². The predicted octanol–water partition coefficient (Wildman–Crippen LogP) is 3.27. The first kappa shape index (κ1) is 24.7. The van der Waals surface area contributed by atoms with Gasteiger partial charge in [0.1, 0.15) is 16.8 Å². The van der Waals surface area contributed by atoms with Gasteiger partial charge in [-0.1, -0.05) is 42.1 Å². The molecular weight excluding hydrogens is 494 g/mol. The molecule has 37 heavy (non-hydrogen) atoms. The van der Waals surface area contributed by atoms with E-state index in [0.717, 1.165) is 10.9 Å². The average Bonchev–Trinajstić information content (AvgIpc) is 3.31. The van der Waals surface area contributed by atoms with Gasteiger partial charge in [-0.25, -0.2) is 14.3 Å². The van der Waals surface area contributed by atoms with Crippen LogP contribution in [0.1, 0.15) is 6.92 Å². The monoisotopic (exact) mass is 521 g/mol. The largest absolute Gasteiger partial charge is 0.495 e. The molecular formula is C26H27N5O5S. The van der Waals surface area contributed by atoms with E-state index < -0.39 is 0 Å². The zero-order chi connectivity index (χ0) is 25.9. The lowest BCUT2D eigenvalue weighted by atomic mass is 10.2. The molecule has 0 atom stereocenters. The van der Waals surface area contributed by atoms with Gasteiger partial charge in [-0.2, -0.15) is 0 Å². The lowest BCUT2D eigenvalue weighted by Gasteiger charge is -2.34. The van der Waals surface area contributed by atoms with Crippen LogP contribution in [0.3, 0.4) is 0 Å². The molecule has 0 spiro atoms. The van der Waals surface area contributed by atoms with Crippen molar-refractivity contribution in [2.45, 2.75) is 12.1 Å². The Morgan fingerprint density at radius 3 is 2.49 bits per heavy atom. The maximum Gasteiger partial charge on any atom is 0.409 e. The summed E-state index contributed by atoms with van der Waals surface area (Å²) in [5.74, 6) is 0.521. The molecule has 0 bridgehead atoms. The number of ether oxygens (including phenoxy) is 2. The second-order valence-electron chi connectivity index (χ2n) is 8.46. The number of hydrogen-bond donors (Lipinski definition) is 1. The maximum absolute atomic E-state index is 13.8. The van der Waals surface area contributed by atoms with Crippen LogP contribution in [0.2, 0.25) is 0 Å². The van der Waals surface area contributed by atoms with Gasteiger partial charge in [0, 0.05) is 37.1 Å². The zero-order valence-corrected chi connectivity index (χ0v) is 21.4. The van der Waals surface area contributed by atoms with E-state index in [4.69, 9.17) is 14.5 Å². The number of carbonyl (C=O) groups is 2. The van der Waals surface area contributed by atoms with Crippen LogP contribution in [0.25, 0.3) is 27.6 Å². The second-order valence-corrected chi connectivity index (χ2v) is 9.40. The summed E-state index contributed by atoms with van der Waals surface area (Å²) >= 11 is 1.20. The second kappa shape index (κ2) is 10.6. The Bertz CT molecular complexity index is 1520. The zero-order valence-electron chi connectivity index (χ0n) is 20.6. The van der Waals surface area contributed by atoms with Crippen molar-refractivity contribution < 1.29 is 19.1 Å². The van der Waals surface area contributed by atoms with Gasteiger partial charge in [0.15, 0.2) is 5.16 Å². The van der Waals surface area contributed by atoms with Crippen LogP contribution in [-0.2, 0) is 9.53 Å². The van der Waals surface area contributed by atoms with Crippen LogP contribution in [0.5, 0.6) is 5.75 Å². The Hall–Kier alpha value is -3.99. The van der Waals surface area contributed by atoms with Crippen molar-refractivity contribution in [3.8, 4) is 11.4 Å². The Morgan fingerprint density at radius 2 is 1.73 bits per heavy atom. The molecule has 5 rings (SSSR count). The molecule has 4 aromatic rings. The number of fused-ring (bicyclic) bond motifs is 3. The molecule has 2 aromatic carbocycles. The van der Waals surface area contributed by atoms with Crippen LogP contribution in [0.4, 0.5) is 4.79 Å². The molecule has 1 aliphatic heterocycles. The standard InChI is InChI=1S/C26H27N5O5S/c1-3-36-26(34)30-14-12-29(13-15-30)21(32)16-37-25-28-22-17-8-4-5-9-18(17)27-23(22)24(33)31(25)19-10-6-7-11-20(19)35-2/h4-11,27H,3,12-16H2,1-2H3. The molecule has 2 aromatic heterocycles. The van der Waals surface area contributed by atoms with E-state index in [2.05, 4.69) is 4.98 Å². The first-order chi connectivity index (χ1) is 18.0. The van der Waals surface area contributed by atoms with E-state index >= 15 is 0 Å². The van der Waals surface area contributed by atoms with Gasteiger partial charge in [0.2, 0.25) is 5.91 Å². The van der Waals surface area contributed by atoms with E-state index in [9.17, 15) is 14.4 Å². The smallest absolute Gasteiger partial charge is 0.409 e. The number of H-pyrrole nitrogens is 1. The van der Waals surface area contributed by atoms with Crippen LogP contribution in [-0.4, -0.2) is 82.0 Å². The highest BCUT2D eigenvalue weighted by atomic mass is 32.2. The summed E-state index contributed by atoms with van der Waals surface area (Å²) < 4.78 is 12.1. The highest BCUT2D eigenvalue weighted by Crippen LogP contribution is 2.29. The van der Waals surface area contributed by atoms with Crippen molar-refractivity contribution in [1.82, 2.24) is 24.3 Å². The molecule has 0 radical (unpaired) electrons. The van der Waals surface area contributed by atoms with Gasteiger partial charge in [0.05, 0.1) is 25.2 Å². The molecule has 1 aliphatic rings. The lowest BCUT2D eigenvalue weighted by Crippen LogP contribution is -2.51. The van der Waals surface area contributed by atoms with Crippen molar-refractivity contribution >= 4 is 45.7 Å². The van der Waals surface area contributed by atoms with E-state index in [0.29, 0.717) is 60.4 Å². The summed E-state index contributed by atoms with van der Waals surface area (Å²) in [6, 6.07) is 14.8. The molecule has 1 fully saturated rings. The number of aromatic nitrogens is 3. The lowest BCUT2D eigenvalue weighted by molar-refractivity contribution is -0.129. The van der Waals surface area contributed by atoms with Gasteiger partial charge in [-0.3, -0.25) is 9.59 Å². The summed E-state index contributed by atoms with van der Waals surface area (Å²) in [5, 5.41) is 1.23. The minimum Gasteiger partial charge on any atom is -0.495 e. The number of piperazine rings is 1. The Kier molecular flexibility index (Phi) is 7.04. The molecule has 0 unspecified atom stereocenters. The molecule has 1 saturated heterocycles. The van der Waals surface area contributed by atoms with Crippen LogP contribution in [0.15, 0.2) is 58.5 Å². The fourth-order valence-corrected chi connectivity index (χ4v) is 5.34. The summed E-state index contributed by atoms with van der Waals surface area (Å²) in [7, 11) is 1.55. The van der Waals surface area contributed by atoms with Gasteiger partial charge in [0.25, 0.3) is 5.56 Å². The van der Waals surface area contributed by atoms with E-state index in [1.807, 2.05) is 36.4 Å². The number of thioether (sulfide) groups is 1. The Morgan fingerprint density at radius 1 is 1.03 bits per heavy atom. The number of methoxy groups -OCH3 is 1. The van der Waals surface area contributed by atoms with Crippen LogP contribution >= 0.6 is 11.8 Å². The number of para-hydroxylation sites is 3. The molecule has 11 heteroatoms. The van der Waals surface area contributed by atoms with E-state index in [1.54, 1.807) is 36.0 Å². The number of benzene rings is 2. The molecule has 0 aliphatic carbocycles. The Balaban J connectivity index is 1.46. The number of carbonyl (C=O) groups excluding carboxylic acids is 2. The van der Waals surface area contributed by atoms with Crippen molar-refractivity contribution in [1.29, 1.82) is 0 Å². The highest BCUT2D eigenvalue weighted by Gasteiger charge is 2.26. The minimum absolute atomic E-state index is 0.0895. The van der Waals surface area contributed by atoms with Crippen molar-refractivity contribution in [3.05, 3.63) is 58.9 Å².